The van der Waals surface area contributed by atoms with Crippen LogP contribution in [-0.2, 0) is 14.8 Å². The maximum Gasteiger partial charge on any atom is 0.257 e. The number of aromatic nitrogens is 2. The highest BCUT2D eigenvalue weighted by atomic mass is 32.2. The Morgan fingerprint density at radius 3 is 2.59 bits per heavy atom. The van der Waals surface area contributed by atoms with Gasteiger partial charge >= 0.3 is 0 Å². The maximum absolute atomic E-state index is 12.8. The molecule has 0 bridgehead atoms. The number of carbonyl (C=O) groups excluding carboxylic acids is 1. The number of amides is 1. The molecule has 1 fully saturated rings. The number of hydrogen-bond acceptors (Lipinski definition) is 6. The van der Waals surface area contributed by atoms with Crippen molar-refractivity contribution in [1.29, 1.82) is 0 Å². The van der Waals surface area contributed by atoms with Crippen LogP contribution in [0.5, 0.6) is 0 Å². The molecule has 9 heteroatoms. The third kappa shape index (κ3) is 4.92. The number of nitrogens with zero attached hydrogens (tertiary/aromatic N) is 3. The molecule has 0 radical (unpaired) electrons. The Bertz CT molecular complexity index is 916. The van der Waals surface area contributed by atoms with E-state index in [0.717, 1.165) is 23.4 Å². The Kier molecular flexibility index (Phi) is 5.91. The molecule has 27 heavy (non-hydrogen) atoms. The lowest BCUT2D eigenvalue weighted by Crippen LogP contribution is -2.25. The lowest BCUT2D eigenvalue weighted by Gasteiger charge is -2.16. The largest absolute Gasteiger partial charge is 0.298 e. The molecule has 0 unspecified atom stereocenters. The van der Waals surface area contributed by atoms with E-state index < -0.39 is 10.0 Å². The molecule has 2 aromatic heterocycles. The summed E-state index contributed by atoms with van der Waals surface area (Å²) in [6, 6.07) is 3.34. The Labute approximate surface area is 163 Å². The van der Waals surface area contributed by atoms with Gasteiger partial charge in [-0.15, -0.1) is 11.3 Å². The molecule has 0 aromatic carbocycles. The standard InChI is InChI=1S/C18H22N4O3S2/c1-22(27(2,24)25)16-8-7-14(12-20-16)15(11-13-5-3-4-6-13)17(23)21-18-19-9-10-26-18/h7-13H,3-6H2,1-2H3,(H,19,21,23). The first-order chi connectivity index (χ1) is 12.8. The Hall–Kier alpha value is -2.26. The van der Waals surface area contributed by atoms with Crippen LogP contribution in [0.25, 0.3) is 5.57 Å². The highest BCUT2D eigenvalue weighted by Gasteiger charge is 2.20. The summed E-state index contributed by atoms with van der Waals surface area (Å²) in [5.74, 6) is 0.435. The van der Waals surface area contributed by atoms with Gasteiger partial charge in [-0.25, -0.2) is 18.4 Å². The van der Waals surface area contributed by atoms with E-state index in [9.17, 15) is 13.2 Å². The number of thiazole rings is 1. The minimum Gasteiger partial charge on any atom is -0.298 e. The van der Waals surface area contributed by atoms with Crippen molar-refractivity contribution in [3.63, 3.8) is 0 Å². The molecule has 0 aliphatic heterocycles. The van der Waals surface area contributed by atoms with Crippen LogP contribution in [-0.4, -0.2) is 37.6 Å². The number of sulfonamides is 1. The van der Waals surface area contributed by atoms with Gasteiger partial charge in [0.1, 0.15) is 5.82 Å². The fourth-order valence-electron chi connectivity index (χ4n) is 3.01. The number of rotatable bonds is 6. The number of nitrogens with one attached hydrogen (secondary N) is 1. The van der Waals surface area contributed by atoms with Gasteiger partial charge in [-0.05, 0) is 30.9 Å². The van der Waals surface area contributed by atoms with Gasteiger partial charge in [0.15, 0.2) is 5.13 Å². The SMILES string of the molecule is CN(c1ccc(C(=CC2CCCC2)C(=O)Nc2nccs2)cn1)S(C)(=O)=O. The van der Waals surface area contributed by atoms with Crippen molar-refractivity contribution in [2.45, 2.75) is 25.7 Å². The van der Waals surface area contributed by atoms with E-state index in [-0.39, 0.29) is 5.91 Å². The first kappa shape index (κ1) is 19.5. The molecular formula is C18H22N4O3S2. The number of allylic oxidation sites excluding steroid dienone is 1. The van der Waals surface area contributed by atoms with Crippen LogP contribution in [0.1, 0.15) is 31.2 Å². The van der Waals surface area contributed by atoms with E-state index >= 15 is 0 Å². The van der Waals surface area contributed by atoms with E-state index in [0.29, 0.717) is 28.0 Å². The Balaban J connectivity index is 1.89. The minimum atomic E-state index is -3.39. The zero-order valence-electron chi connectivity index (χ0n) is 15.3. The Morgan fingerprint density at radius 1 is 1.30 bits per heavy atom. The van der Waals surface area contributed by atoms with Crippen LogP contribution >= 0.6 is 11.3 Å². The summed E-state index contributed by atoms with van der Waals surface area (Å²) in [6.45, 7) is 0. The molecule has 1 aliphatic carbocycles. The third-order valence-electron chi connectivity index (χ3n) is 4.58. The lowest BCUT2D eigenvalue weighted by atomic mass is 9.99. The van der Waals surface area contributed by atoms with Crippen molar-refractivity contribution in [3.05, 3.63) is 41.5 Å². The van der Waals surface area contributed by atoms with Crippen LogP contribution in [0.15, 0.2) is 36.0 Å². The number of pyridine rings is 1. The maximum atomic E-state index is 12.8. The van der Waals surface area contributed by atoms with Crippen molar-refractivity contribution >= 4 is 43.8 Å². The summed E-state index contributed by atoms with van der Waals surface area (Å²) in [5, 5.41) is 5.16. The second-order valence-corrected chi connectivity index (χ2v) is 9.46. The molecule has 144 valence electrons. The van der Waals surface area contributed by atoms with Crippen molar-refractivity contribution < 1.29 is 13.2 Å². The van der Waals surface area contributed by atoms with E-state index in [4.69, 9.17) is 0 Å². The molecule has 0 saturated heterocycles. The molecule has 2 aromatic rings. The van der Waals surface area contributed by atoms with Gasteiger partial charge in [0, 0.05) is 36.0 Å². The molecule has 1 saturated carbocycles. The molecule has 0 spiro atoms. The van der Waals surface area contributed by atoms with Crippen molar-refractivity contribution in [1.82, 2.24) is 9.97 Å². The van der Waals surface area contributed by atoms with Gasteiger partial charge < -0.3 is 0 Å². The fraction of sp³-hybridized carbons (Fsp3) is 0.389. The van der Waals surface area contributed by atoms with Crippen molar-refractivity contribution in [2.75, 3.05) is 22.9 Å². The number of hydrogen-bond donors (Lipinski definition) is 1. The molecular weight excluding hydrogens is 384 g/mol. The van der Waals surface area contributed by atoms with Gasteiger partial charge in [-0.3, -0.25) is 14.4 Å². The minimum absolute atomic E-state index is 0.233. The summed E-state index contributed by atoms with van der Waals surface area (Å²) in [5.41, 5.74) is 1.19. The monoisotopic (exact) mass is 406 g/mol. The summed E-state index contributed by atoms with van der Waals surface area (Å²) in [7, 11) is -1.94. The van der Waals surface area contributed by atoms with Crippen LogP contribution in [0.3, 0.4) is 0 Å². The summed E-state index contributed by atoms with van der Waals surface area (Å²) >= 11 is 1.36. The highest BCUT2D eigenvalue weighted by Crippen LogP contribution is 2.30. The van der Waals surface area contributed by atoms with E-state index in [1.807, 2.05) is 6.08 Å². The van der Waals surface area contributed by atoms with Crippen LogP contribution in [0.4, 0.5) is 10.9 Å². The summed E-state index contributed by atoms with van der Waals surface area (Å²) < 4.78 is 24.4. The predicted molar refractivity (Wildman–Crippen MR) is 108 cm³/mol. The van der Waals surface area contributed by atoms with Gasteiger partial charge in [0.2, 0.25) is 10.0 Å². The van der Waals surface area contributed by atoms with Crippen molar-refractivity contribution in [3.8, 4) is 0 Å². The molecule has 1 amide bonds. The number of anilines is 2. The fourth-order valence-corrected chi connectivity index (χ4v) is 3.99. The molecule has 1 N–H and O–H groups in total. The number of carbonyl (C=O) groups is 1. The van der Waals surface area contributed by atoms with Gasteiger partial charge in [-0.1, -0.05) is 18.9 Å². The average Bonchev–Trinajstić information content (AvgIpc) is 3.32. The highest BCUT2D eigenvalue weighted by molar-refractivity contribution is 7.92. The zero-order valence-corrected chi connectivity index (χ0v) is 16.9. The second kappa shape index (κ2) is 8.18. The quantitative estimate of drug-likeness (QED) is 0.744. The van der Waals surface area contributed by atoms with Gasteiger partial charge in [-0.2, -0.15) is 0 Å². The molecule has 2 heterocycles. The van der Waals surface area contributed by atoms with Crippen LogP contribution in [0, 0.1) is 5.92 Å². The van der Waals surface area contributed by atoms with Crippen LogP contribution < -0.4 is 9.62 Å². The summed E-state index contributed by atoms with van der Waals surface area (Å²) in [6.07, 6.45) is 10.8. The van der Waals surface area contributed by atoms with E-state index in [2.05, 4.69) is 15.3 Å². The smallest absolute Gasteiger partial charge is 0.257 e. The van der Waals surface area contributed by atoms with Crippen molar-refractivity contribution in [2.24, 2.45) is 5.92 Å². The summed E-state index contributed by atoms with van der Waals surface area (Å²) in [4.78, 5) is 21.2. The topological polar surface area (TPSA) is 92.3 Å². The predicted octanol–water partition coefficient (Wildman–Crippen LogP) is 3.15. The Morgan fingerprint density at radius 2 is 2.04 bits per heavy atom. The van der Waals surface area contributed by atoms with Gasteiger partial charge in [0.25, 0.3) is 5.91 Å². The molecule has 0 atom stereocenters. The van der Waals surface area contributed by atoms with Gasteiger partial charge in [0.05, 0.1) is 6.26 Å². The average molecular weight is 407 g/mol. The first-order valence-electron chi connectivity index (χ1n) is 8.67. The third-order valence-corrected chi connectivity index (χ3v) is 6.45. The van der Waals surface area contributed by atoms with E-state index in [1.54, 1.807) is 29.9 Å². The molecule has 3 rings (SSSR count). The normalized spacial score (nSPS) is 15.7. The molecule has 7 nitrogen and oxygen atoms in total. The molecule has 1 aliphatic rings. The van der Waals surface area contributed by atoms with Crippen LogP contribution in [0.2, 0.25) is 0 Å². The lowest BCUT2D eigenvalue weighted by molar-refractivity contribution is -0.111. The zero-order chi connectivity index (χ0) is 19.4. The van der Waals surface area contributed by atoms with E-state index in [1.165, 1.54) is 31.2 Å². The second-order valence-electron chi connectivity index (χ2n) is 6.55. The first-order valence-corrected chi connectivity index (χ1v) is 11.4.